The average Bonchev–Trinajstić information content (AvgIpc) is 2.16. The van der Waals surface area contributed by atoms with Crippen molar-refractivity contribution in [3.8, 4) is 0 Å². The maximum absolute atomic E-state index is 11.4. The van der Waals surface area contributed by atoms with Crippen molar-refractivity contribution in [3.63, 3.8) is 0 Å². The summed E-state index contributed by atoms with van der Waals surface area (Å²) in [5, 5.41) is 0. The summed E-state index contributed by atoms with van der Waals surface area (Å²) in [6, 6.07) is 6.29. The topological polar surface area (TPSA) is 20.3 Å². The van der Waals surface area contributed by atoms with Crippen molar-refractivity contribution in [1.29, 1.82) is 0 Å². The molecule has 15 heavy (non-hydrogen) atoms. The van der Waals surface area contributed by atoms with E-state index in [2.05, 4.69) is 23.1 Å². The van der Waals surface area contributed by atoms with Gasteiger partial charge in [0.15, 0.2) is 5.78 Å². The van der Waals surface area contributed by atoms with Gasteiger partial charge in [0.1, 0.15) is 0 Å². The maximum Gasteiger partial charge on any atom is 0.160 e. The minimum atomic E-state index is 0.205. The number of allylic oxidation sites excluding steroid dienone is 2. The summed E-state index contributed by atoms with van der Waals surface area (Å²) in [5.74, 6) is 0.205. The summed E-state index contributed by atoms with van der Waals surface area (Å²) in [6.45, 7) is 1.99. The third-order valence-electron chi connectivity index (χ3n) is 2.77. The van der Waals surface area contributed by atoms with Crippen LogP contribution in [0.3, 0.4) is 0 Å². The largest absolute Gasteiger partial charge is 0.378 e. The number of rotatable bonds is 1. The predicted molar refractivity (Wildman–Crippen MR) is 63.1 cm³/mol. The van der Waals surface area contributed by atoms with Crippen LogP contribution >= 0.6 is 0 Å². The van der Waals surface area contributed by atoms with Crippen LogP contribution in [0, 0.1) is 0 Å². The van der Waals surface area contributed by atoms with Gasteiger partial charge in [0.05, 0.1) is 0 Å². The van der Waals surface area contributed by atoms with Gasteiger partial charge in [0, 0.05) is 26.2 Å². The van der Waals surface area contributed by atoms with Crippen LogP contribution < -0.4 is 4.90 Å². The smallest absolute Gasteiger partial charge is 0.160 e. The minimum absolute atomic E-state index is 0.205. The summed E-state index contributed by atoms with van der Waals surface area (Å²) < 4.78 is 0. The summed E-state index contributed by atoms with van der Waals surface area (Å²) in [5.41, 5.74) is 4.58. The number of hydrogen-bond acceptors (Lipinski definition) is 2. The first-order chi connectivity index (χ1) is 7.08. The number of benzene rings is 1. The third kappa shape index (κ3) is 1.80. The molecule has 1 aromatic carbocycles. The number of hydrogen-bond donors (Lipinski definition) is 0. The van der Waals surface area contributed by atoms with E-state index < -0.39 is 0 Å². The fraction of sp³-hybridized carbons (Fsp3) is 0.308. The number of anilines is 1. The average molecular weight is 201 g/mol. The monoisotopic (exact) mass is 201 g/mol. The van der Waals surface area contributed by atoms with E-state index >= 15 is 0 Å². The highest BCUT2D eigenvalue weighted by Gasteiger charge is 2.15. The normalized spacial score (nSPS) is 14.6. The number of fused-ring (bicyclic) bond motifs is 1. The molecule has 0 N–H and O–H groups in total. The highest BCUT2D eigenvalue weighted by Crippen LogP contribution is 2.27. The molecule has 0 fully saturated rings. The molecular formula is C13H15NO. The Balaban J connectivity index is 2.51. The van der Waals surface area contributed by atoms with Gasteiger partial charge in [-0.15, -0.1) is 0 Å². The molecule has 0 aromatic heterocycles. The lowest BCUT2D eigenvalue weighted by Gasteiger charge is -2.19. The zero-order valence-corrected chi connectivity index (χ0v) is 9.37. The van der Waals surface area contributed by atoms with Gasteiger partial charge in [0.25, 0.3) is 0 Å². The first-order valence-electron chi connectivity index (χ1n) is 5.09. The van der Waals surface area contributed by atoms with Crippen LogP contribution in [0.15, 0.2) is 24.3 Å². The molecule has 2 heteroatoms. The van der Waals surface area contributed by atoms with E-state index in [4.69, 9.17) is 0 Å². The quantitative estimate of drug-likeness (QED) is 0.694. The van der Waals surface area contributed by atoms with Crippen LogP contribution in [0.2, 0.25) is 0 Å². The Hall–Kier alpha value is -1.57. The zero-order chi connectivity index (χ0) is 11.0. The molecule has 0 heterocycles. The number of nitrogens with zero attached hydrogens (tertiary/aromatic N) is 1. The van der Waals surface area contributed by atoms with Crippen molar-refractivity contribution >= 4 is 17.0 Å². The van der Waals surface area contributed by atoms with E-state index in [1.165, 1.54) is 5.56 Å². The molecule has 0 aliphatic heterocycles. The number of ketones is 1. The van der Waals surface area contributed by atoms with Crippen LogP contribution in [0.25, 0.3) is 5.57 Å². The SMILES string of the molecule is CC1=CC(=O)Cc2cc(N(C)C)ccc21. The van der Waals surface area contributed by atoms with Crippen molar-refractivity contribution in [3.05, 3.63) is 35.4 Å². The molecule has 0 unspecified atom stereocenters. The minimum Gasteiger partial charge on any atom is -0.378 e. The van der Waals surface area contributed by atoms with E-state index in [0.717, 1.165) is 16.8 Å². The van der Waals surface area contributed by atoms with Gasteiger partial charge >= 0.3 is 0 Å². The lowest BCUT2D eigenvalue weighted by Crippen LogP contribution is -2.12. The Morgan fingerprint density at radius 2 is 2.00 bits per heavy atom. The van der Waals surface area contributed by atoms with Gasteiger partial charge in [-0.25, -0.2) is 0 Å². The van der Waals surface area contributed by atoms with Crippen LogP contribution in [0.5, 0.6) is 0 Å². The van der Waals surface area contributed by atoms with E-state index in [0.29, 0.717) is 6.42 Å². The predicted octanol–water partition coefficient (Wildman–Crippen LogP) is 2.28. The molecule has 78 valence electrons. The van der Waals surface area contributed by atoms with E-state index in [-0.39, 0.29) is 5.78 Å². The summed E-state index contributed by atoms with van der Waals surface area (Å²) in [7, 11) is 4.02. The van der Waals surface area contributed by atoms with Gasteiger partial charge in [-0.05, 0) is 41.8 Å². The first kappa shape index (κ1) is 9.97. The van der Waals surface area contributed by atoms with Gasteiger partial charge < -0.3 is 4.90 Å². The molecule has 0 saturated carbocycles. The Morgan fingerprint density at radius 3 is 2.67 bits per heavy atom. The molecular weight excluding hydrogens is 186 g/mol. The van der Waals surface area contributed by atoms with E-state index in [9.17, 15) is 4.79 Å². The Labute approximate surface area is 90.2 Å². The Bertz CT molecular complexity index is 444. The van der Waals surface area contributed by atoms with Crippen molar-refractivity contribution in [2.45, 2.75) is 13.3 Å². The van der Waals surface area contributed by atoms with Crippen LogP contribution in [-0.4, -0.2) is 19.9 Å². The highest BCUT2D eigenvalue weighted by atomic mass is 16.1. The number of carbonyl (C=O) groups excluding carboxylic acids is 1. The van der Waals surface area contributed by atoms with Crippen molar-refractivity contribution in [2.24, 2.45) is 0 Å². The molecule has 0 radical (unpaired) electrons. The summed E-state index contributed by atoms with van der Waals surface area (Å²) in [4.78, 5) is 13.5. The Kier molecular flexibility index (Phi) is 2.35. The van der Waals surface area contributed by atoms with Crippen molar-refractivity contribution < 1.29 is 4.79 Å². The fourth-order valence-corrected chi connectivity index (χ4v) is 1.95. The molecule has 0 atom stereocenters. The van der Waals surface area contributed by atoms with Gasteiger partial charge in [-0.2, -0.15) is 0 Å². The van der Waals surface area contributed by atoms with E-state index in [1.807, 2.05) is 21.0 Å². The maximum atomic E-state index is 11.4. The molecule has 0 bridgehead atoms. The molecule has 1 aliphatic carbocycles. The molecule has 0 saturated heterocycles. The zero-order valence-electron chi connectivity index (χ0n) is 9.37. The number of carbonyl (C=O) groups is 1. The molecule has 1 aromatic rings. The van der Waals surface area contributed by atoms with Crippen LogP contribution in [0.4, 0.5) is 5.69 Å². The summed E-state index contributed by atoms with van der Waals surface area (Å²) in [6.07, 6.45) is 2.27. The Morgan fingerprint density at radius 1 is 1.27 bits per heavy atom. The van der Waals surface area contributed by atoms with Crippen molar-refractivity contribution in [1.82, 2.24) is 0 Å². The second-order valence-electron chi connectivity index (χ2n) is 4.21. The second-order valence-corrected chi connectivity index (χ2v) is 4.21. The standard InChI is InChI=1S/C13H15NO/c1-9-6-12(15)8-10-7-11(14(2)3)4-5-13(9)10/h4-7H,8H2,1-3H3. The van der Waals surface area contributed by atoms with Crippen LogP contribution in [-0.2, 0) is 11.2 Å². The molecule has 1 aliphatic rings. The fourth-order valence-electron chi connectivity index (χ4n) is 1.95. The van der Waals surface area contributed by atoms with E-state index in [1.54, 1.807) is 6.08 Å². The first-order valence-corrected chi connectivity index (χ1v) is 5.09. The van der Waals surface area contributed by atoms with Gasteiger partial charge in [0.2, 0.25) is 0 Å². The molecule has 0 spiro atoms. The van der Waals surface area contributed by atoms with Crippen molar-refractivity contribution in [2.75, 3.05) is 19.0 Å². The lowest BCUT2D eigenvalue weighted by molar-refractivity contribution is -0.114. The van der Waals surface area contributed by atoms with Crippen LogP contribution in [0.1, 0.15) is 18.1 Å². The van der Waals surface area contributed by atoms with Gasteiger partial charge in [-0.3, -0.25) is 4.79 Å². The van der Waals surface area contributed by atoms with Gasteiger partial charge in [-0.1, -0.05) is 6.07 Å². The molecule has 2 nitrogen and oxygen atoms in total. The molecule has 0 amide bonds. The highest BCUT2D eigenvalue weighted by molar-refractivity contribution is 6.01. The molecule has 2 rings (SSSR count). The third-order valence-corrected chi connectivity index (χ3v) is 2.77. The second kappa shape index (κ2) is 3.54. The summed E-state index contributed by atoms with van der Waals surface area (Å²) >= 11 is 0. The lowest BCUT2D eigenvalue weighted by atomic mass is 9.90.